The summed E-state index contributed by atoms with van der Waals surface area (Å²) >= 11 is 0. The van der Waals surface area contributed by atoms with E-state index in [9.17, 15) is 9.59 Å². The van der Waals surface area contributed by atoms with Crippen molar-refractivity contribution in [1.82, 2.24) is 10.1 Å². The standard InChI is InChI=1S/C29H27N3O4/c1-20-12-13-23(30-28(33)22-10-6-3-7-11-22)18-26(20)35-24-14-16-32(17-15-24)29(34)27-19-25(31-36-27)21-8-4-2-5-9-21/h2-13,18-19,24H,14-17H2,1H3,(H,30,33). The topological polar surface area (TPSA) is 84.7 Å². The van der Waals surface area contributed by atoms with Gasteiger partial charge in [-0.15, -0.1) is 0 Å². The van der Waals surface area contributed by atoms with Crippen molar-refractivity contribution in [2.45, 2.75) is 25.9 Å². The maximum Gasteiger partial charge on any atom is 0.292 e. The van der Waals surface area contributed by atoms with Gasteiger partial charge in [0.25, 0.3) is 11.8 Å². The summed E-state index contributed by atoms with van der Waals surface area (Å²) in [7, 11) is 0. The van der Waals surface area contributed by atoms with E-state index in [1.165, 1.54) is 0 Å². The number of aromatic nitrogens is 1. The molecule has 3 aromatic carbocycles. The fourth-order valence-corrected chi connectivity index (χ4v) is 4.23. The number of amides is 2. The molecular formula is C29H27N3O4. The Morgan fingerprint density at radius 2 is 1.64 bits per heavy atom. The van der Waals surface area contributed by atoms with Gasteiger partial charge in [0.05, 0.1) is 0 Å². The first-order valence-electron chi connectivity index (χ1n) is 12.0. The normalized spacial score (nSPS) is 13.9. The molecule has 4 aromatic rings. The van der Waals surface area contributed by atoms with Gasteiger partial charge in [0, 0.05) is 54.9 Å². The second-order valence-corrected chi connectivity index (χ2v) is 8.85. The van der Waals surface area contributed by atoms with Crippen LogP contribution in [0.3, 0.4) is 0 Å². The molecule has 0 spiro atoms. The minimum Gasteiger partial charge on any atom is -0.490 e. The molecule has 0 radical (unpaired) electrons. The molecule has 0 unspecified atom stereocenters. The Labute approximate surface area is 209 Å². The molecule has 2 heterocycles. The van der Waals surface area contributed by atoms with Gasteiger partial charge in [-0.2, -0.15) is 0 Å². The second-order valence-electron chi connectivity index (χ2n) is 8.85. The van der Waals surface area contributed by atoms with Gasteiger partial charge in [-0.3, -0.25) is 9.59 Å². The van der Waals surface area contributed by atoms with Crippen molar-refractivity contribution in [2.24, 2.45) is 0 Å². The Morgan fingerprint density at radius 3 is 2.36 bits per heavy atom. The third-order valence-corrected chi connectivity index (χ3v) is 6.30. The van der Waals surface area contributed by atoms with Crippen molar-refractivity contribution in [3.63, 3.8) is 0 Å². The molecule has 0 aliphatic carbocycles. The van der Waals surface area contributed by atoms with E-state index in [0.29, 0.717) is 42.9 Å². The molecule has 1 fully saturated rings. The fraction of sp³-hybridized carbons (Fsp3) is 0.207. The quantitative estimate of drug-likeness (QED) is 0.388. The highest BCUT2D eigenvalue weighted by Crippen LogP contribution is 2.27. The molecule has 1 N–H and O–H groups in total. The zero-order valence-electron chi connectivity index (χ0n) is 20.0. The first-order chi connectivity index (χ1) is 17.6. The molecular weight excluding hydrogens is 454 g/mol. The number of hydrogen-bond donors (Lipinski definition) is 1. The van der Waals surface area contributed by atoms with Crippen molar-refractivity contribution in [3.05, 3.63) is 102 Å². The van der Waals surface area contributed by atoms with E-state index in [1.807, 2.05) is 73.7 Å². The molecule has 36 heavy (non-hydrogen) atoms. The number of nitrogens with zero attached hydrogens (tertiary/aromatic N) is 2. The molecule has 0 bridgehead atoms. The Bertz CT molecular complexity index is 1340. The third-order valence-electron chi connectivity index (χ3n) is 6.30. The van der Waals surface area contributed by atoms with Gasteiger partial charge in [0.15, 0.2) is 0 Å². The summed E-state index contributed by atoms with van der Waals surface area (Å²) in [5.41, 5.74) is 3.81. The average molecular weight is 482 g/mol. The first kappa shape index (κ1) is 23.4. The number of carbonyl (C=O) groups is 2. The number of piperidine rings is 1. The number of hydrogen-bond acceptors (Lipinski definition) is 5. The van der Waals surface area contributed by atoms with Crippen LogP contribution >= 0.6 is 0 Å². The molecule has 7 heteroatoms. The number of rotatable bonds is 6. The highest BCUT2D eigenvalue weighted by Gasteiger charge is 2.27. The predicted molar refractivity (Wildman–Crippen MR) is 137 cm³/mol. The van der Waals surface area contributed by atoms with Crippen molar-refractivity contribution in [1.29, 1.82) is 0 Å². The van der Waals surface area contributed by atoms with Crippen molar-refractivity contribution >= 4 is 17.5 Å². The van der Waals surface area contributed by atoms with E-state index in [0.717, 1.165) is 16.9 Å². The number of benzene rings is 3. The summed E-state index contributed by atoms with van der Waals surface area (Å²) in [4.78, 5) is 27.2. The molecule has 1 aromatic heterocycles. The highest BCUT2D eigenvalue weighted by atomic mass is 16.5. The van der Waals surface area contributed by atoms with E-state index >= 15 is 0 Å². The van der Waals surface area contributed by atoms with Gasteiger partial charge >= 0.3 is 0 Å². The number of nitrogens with one attached hydrogen (secondary N) is 1. The second kappa shape index (κ2) is 10.5. The highest BCUT2D eigenvalue weighted by molar-refractivity contribution is 6.04. The van der Waals surface area contributed by atoms with Crippen LogP contribution in [0, 0.1) is 6.92 Å². The van der Waals surface area contributed by atoms with Gasteiger partial charge in [-0.1, -0.05) is 59.8 Å². The maximum absolute atomic E-state index is 12.9. The monoisotopic (exact) mass is 481 g/mol. The van der Waals surface area contributed by atoms with Crippen LogP contribution in [0.4, 0.5) is 5.69 Å². The molecule has 0 atom stereocenters. The molecule has 182 valence electrons. The molecule has 1 aliphatic rings. The van der Waals surface area contributed by atoms with Crippen molar-refractivity contribution < 1.29 is 18.8 Å². The average Bonchev–Trinajstić information content (AvgIpc) is 3.42. The van der Waals surface area contributed by atoms with Gasteiger partial charge in [-0.25, -0.2) is 0 Å². The molecule has 0 saturated carbocycles. The summed E-state index contributed by atoms with van der Waals surface area (Å²) in [6.07, 6.45) is 1.37. The van der Waals surface area contributed by atoms with Crippen LogP contribution in [-0.2, 0) is 0 Å². The summed E-state index contributed by atoms with van der Waals surface area (Å²) in [5.74, 6) is 0.643. The fourth-order valence-electron chi connectivity index (χ4n) is 4.23. The van der Waals surface area contributed by atoms with Crippen molar-refractivity contribution in [2.75, 3.05) is 18.4 Å². The number of aryl methyl sites for hydroxylation is 1. The lowest BCUT2D eigenvalue weighted by Crippen LogP contribution is -2.41. The van der Waals surface area contributed by atoms with E-state index in [-0.39, 0.29) is 23.7 Å². The van der Waals surface area contributed by atoms with Crippen LogP contribution < -0.4 is 10.1 Å². The van der Waals surface area contributed by atoms with Crippen LogP contribution in [0.15, 0.2) is 89.5 Å². The van der Waals surface area contributed by atoms with E-state index in [1.54, 1.807) is 23.1 Å². The van der Waals surface area contributed by atoms with Crippen LogP contribution in [0.1, 0.15) is 39.3 Å². The van der Waals surface area contributed by atoms with Crippen LogP contribution in [-0.4, -0.2) is 41.1 Å². The lowest BCUT2D eigenvalue weighted by Gasteiger charge is -2.32. The largest absolute Gasteiger partial charge is 0.490 e. The van der Waals surface area contributed by atoms with Crippen LogP contribution in [0.2, 0.25) is 0 Å². The minimum absolute atomic E-state index is 0.0255. The van der Waals surface area contributed by atoms with Crippen LogP contribution in [0.25, 0.3) is 11.3 Å². The zero-order valence-corrected chi connectivity index (χ0v) is 20.0. The maximum atomic E-state index is 12.9. The molecule has 5 rings (SSSR count). The molecule has 2 amide bonds. The first-order valence-corrected chi connectivity index (χ1v) is 12.0. The number of likely N-dealkylation sites (tertiary alicyclic amines) is 1. The molecule has 7 nitrogen and oxygen atoms in total. The summed E-state index contributed by atoms with van der Waals surface area (Å²) in [5, 5.41) is 6.98. The van der Waals surface area contributed by atoms with Crippen molar-refractivity contribution in [3.8, 4) is 17.0 Å². The molecule has 1 saturated heterocycles. The Hall–Kier alpha value is -4.39. The Kier molecular flexibility index (Phi) is 6.80. The number of anilines is 1. The van der Waals surface area contributed by atoms with E-state index in [4.69, 9.17) is 9.26 Å². The Balaban J connectivity index is 1.18. The smallest absolute Gasteiger partial charge is 0.292 e. The van der Waals surface area contributed by atoms with Gasteiger partial charge < -0.3 is 19.5 Å². The van der Waals surface area contributed by atoms with Gasteiger partial charge in [0.2, 0.25) is 5.76 Å². The van der Waals surface area contributed by atoms with Crippen LogP contribution in [0.5, 0.6) is 5.75 Å². The van der Waals surface area contributed by atoms with E-state index in [2.05, 4.69) is 10.5 Å². The number of carbonyl (C=O) groups excluding carboxylic acids is 2. The zero-order chi connectivity index (χ0) is 24.9. The van der Waals surface area contributed by atoms with E-state index < -0.39 is 0 Å². The van der Waals surface area contributed by atoms with Gasteiger partial charge in [0.1, 0.15) is 17.5 Å². The lowest BCUT2D eigenvalue weighted by molar-refractivity contribution is 0.0557. The SMILES string of the molecule is Cc1ccc(NC(=O)c2ccccc2)cc1OC1CCN(C(=O)c2cc(-c3ccccc3)no2)CC1. The van der Waals surface area contributed by atoms with Gasteiger partial charge in [-0.05, 0) is 30.7 Å². The third kappa shape index (κ3) is 5.30. The summed E-state index contributed by atoms with van der Waals surface area (Å²) < 4.78 is 11.6. The summed E-state index contributed by atoms with van der Waals surface area (Å²) in [6.45, 7) is 3.10. The summed E-state index contributed by atoms with van der Waals surface area (Å²) in [6, 6.07) is 26.1. The predicted octanol–water partition coefficient (Wildman–Crippen LogP) is 5.59. The number of ether oxygens (including phenoxy) is 1. The molecule has 1 aliphatic heterocycles. The minimum atomic E-state index is -0.167. The Morgan fingerprint density at radius 1 is 0.944 bits per heavy atom. The lowest BCUT2D eigenvalue weighted by atomic mass is 10.1.